The molecule has 0 atom stereocenters. The van der Waals surface area contributed by atoms with Gasteiger partial charge in [0.2, 0.25) is 11.9 Å². The van der Waals surface area contributed by atoms with Gasteiger partial charge in [0.1, 0.15) is 0 Å². The normalized spacial score (nSPS) is 11.0. The van der Waals surface area contributed by atoms with Crippen molar-refractivity contribution in [2.45, 2.75) is 6.42 Å². The van der Waals surface area contributed by atoms with Crippen molar-refractivity contribution in [2.24, 2.45) is 5.73 Å². The molecule has 1 amide bonds. The van der Waals surface area contributed by atoms with Gasteiger partial charge in [0, 0.05) is 10.6 Å². The molecule has 0 bridgehead atoms. The number of imidazole rings is 1. The molecule has 27 heavy (non-hydrogen) atoms. The number of nitrogens with zero attached hydrogens (tertiary/aromatic N) is 3. The van der Waals surface area contributed by atoms with E-state index < -0.39 is 5.91 Å². The molecule has 2 aromatic carbocycles. The summed E-state index contributed by atoms with van der Waals surface area (Å²) in [6.07, 6.45) is 1.84. The highest BCUT2D eigenvalue weighted by Crippen LogP contribution is 2.28. The Balaban J connectivity index is 1.78. The molecule has 4 rings (SSSR count). The number of pyridine rings is 1. The average molecular weight is 378 g/mol. The first-order valence-electron chi connectivity index (χ1n) is 8.29. The second-order valence-electron chi connectivity index (χ2n) is 6.14. The highest BCUT2D eigenvalue weighted by molar-refractivity contribution is 6.30. The molecule has 7 heteroatoms. The fourth-order valence-corrected chi connectivity index (χ4v) is 3.29. The predicted octanol–water partition coefficient (Wildman–Crippen LogP) is 3.35. The molecule has 0 saturated carbocycles. The average Bonchev–Trinajstić information content (AvgIpc) is 2.99. The quantitative estimate of drug-likeness (QED) is 0.569. The first-order chi connectivity index (χ1) is 13.0. The van der Waals surface area contributed by atoms with Crippen LogP contribution in [0.1, 0.15) is 5.56 Å². The Labute approximate surface area is 160 Å². The van der Waals surface area contributed by atoms with Crippen molar-refractivity contribution in [3.63, 3.8) is 0 Å². The van der Waals surface area contributed by atoms with Gasteiger partial charge in [-0.15, -0.1) is 0 Å². The van der Waals surface area contributed by atoms with E-state index in [0.29, 0.717) is 16.7 Å². The molecule has 0 fully saturated rings. The van der Waals surface area contributed by atoms with Crippen LogP contribution in [0.4, 0.5) is 5.95 Å². The molecule has 0 unspecified atom stereocenters. The Morgan fingerprint density at radius 3 is 2.67 bits per heavy atom. The zero-order chi connectivity index (χ0) is 19.0. The van der Waals surface area contributed by atoms with Crippen LogP contribution in [0.3, 0.4) is 0 Å². The standard InChI is InChI=1S/C20H16ClN5O/c21-13-6-5-12(9-19(22)27)15(10-13)16-8-7-14(11-24-16)26-18-4-2-1-3-17(18)25-20(26)23/h1-8,10-11H,9H2,(H2,22,27)(H2,23,25). The van der Waals surface area contributed by atoms with Crippen LogP contribution in [-0.4, -0.2) is 20.4 Å². The summed E-state index contributed by atoms with van der Waals surface area (Å²) in [6.45, 7) is 0. The van der Waals surface area contributed by atoms with Crippen LogP contribution in [0.25, 0.3) is 28.0 Å². The fraction of sp³-hybridized carbons (Fsp3) is 0.0500. The van der Waals surface area contributed by atoms with Gasteiger partial charge in [-0.1, -0.05) is 29.8 Å². The van der Waals surface area contributed by atoms with Gasteiger partial charge in [-0.2, -0.15) is 0 Å². The van der Waals surface area contributed by atoms with E-state index in [-0.39, 0.29) is 6.42 Å². The number of hydrogen-bond acceptors (Lipinski definition) is 4. The summed E-state index contributed by atoms with van der Waals surface area (Å²) >= 11 is 6.13. The number of carbonyl (C=O) groups excluding carboxylic acids is 1. The summed E-state index contributed by atoms with van der Waals surface area (Å²) < 4.78 is 1.84. The van der Waals surface area contributed by atoms with Gasteiger partial charge < -0.3 is 11.5 Å². The molecular formula is C20H16ClN5O. The molecular weight excluding hydrogens is 362 g/mol. The van der Waals surface area contributed by atoms with Gasteiger partial charge in [0.15, 0.2) is 0 Å². The summed E-state index contributed by atoms with van der Waals surface area (Å²) in [5.41, 5.74) is 16.2. The van der Waals surface area contributed by atoms with Crippen molar-refractivity contribution in [1.29, 1.82) is 0 Å². The van der Waals surface area contributed by atoms with Crippen molar-refractivity contribution in [3.8, 4) is 16.9 Å². The van der Waals surface area contributed by atoms with Gasteiger partial charge in [-0.25, -0.2) is 4.98 Å². The third kappa shape index (κ3) is 3.22. The molecule has 0 aliphatic rings. The number of aromatic nitrogens is 3. The van der Waals surface area contributed by atoms with Crippen LogP contribution in [0.5, 0.6) is 0 Å². The van der Waals surface area contributed by atoms with Crippen LogP contribution in [0, 0.1) is 0 Å². The minimum absolute atomic E-state index is 0.120. The number of hydrogen-bond donors (Lipinski definition) is 2. The SMILES string of the molecule is NC(=O)Cc1ccc(Cl)cc1-c1ccc(-n2c(N)nc3ccccc32)cn1. The zero-order valence-corrected chi connectivity index (χ0v) is 15.0. The van der Waals surface area contributed by atoms with Crippen molar-refractivity contribution in [2.75, 3.05) is 5.73 Å². The van der Waals surface area contributed by atoms with E-state index in [9.17, 15) is 4.79 Å². The first kappa shape index (κ1) is 17.1. The van der Waals surface area contributed by atoms with E-state index in [1.54, 1.807) is 24.4 Å². The molecule has 6 nitrogen and oxygen atoms in total. The molecule has 0 saturated heterocycles. The van der Waals surface area contributed by atoms with E-state index in [0.717, 1.165) is 27.8 Å². The molecule has 2 aromatic heterocycles. The molecule has 134 valence electrons. The molecule has 0 spiro atoms. The Kier molecular flexibility index (Phi) is 4.25. The number of carbonyl (C=O) groups is 1. The Bertz CT molecular complexity index is 1150. The van der Waals surface area contributed by atoms with Crippen LogP contribution in [0.2, 0.25) is 5.02 Å². The maximum absolute atomic E-state index is 11.4. The maximum atomic E-state index is 11.4. The Hall–Kier alpha value is -3.38. The summed E-state index contributed by atoms with van der Waals surface area (Å²) in [4.78, 5) is 20.3. The van der Waals surface area contributed by atoms with Crippen LogP contribution in [-0.2, 0) is 11.2 Å². The number of rotatable bonds is 4. The number of anilines is 1. The van der Waals surface area contributed by atoms with Gasteiger partial charge in [0.05, 0.1) is 35.0 Å². The summed E-state index contributed by atoms with van der Waals surface area (Å²) in [6, 6.07) is 16.8. The molecule has 2 heterocycles. The summed E-state index contributed by atoms with van der Waals surface area (Å²) in [5, 5.41) is 0.564. The second-order valence-corrected chi connectivity index (χ2v) is 6.58. The van der Waals surface area contributed by atoms with Crippen molar-refractivity contribution < 1.29 is 4.79 Å². The smallest absolute Gasteiger partial charge is 0.221 e. The van der Waals surface area contributed by atoms with Gasteiger partial charge >= 0.3 is 0 Å². The lowest BCUT2D eigenvalue weighted by Crippen LogP contribution is -2.14. The highest BCUT2D eigenvalue weighted by atomic mass is 35.5. The summed E-state index contributed by atoms with van der Waals surface area (Å²) in [5.74, 6) is -0.0178. The van der Waals surface area contributed by atoms with Crippen molar-refractivity contribution >= 4 is 34.5 Å². The van der Waals surface area contributed by atoms with Gasteiger partial charge in [-0.05, 0) is 42.0 Å². The zero-order valence-electron chi connectivity index (χ0n) is 14.3. The number of benzene rings is 2. The number of amides is 1. The second kappa shape index (κ2) is 6.74. The fourth-order valence-electron chi connectivity index (χ4n) is 3.12. The Morgan fingerprint density at radius 2 is 1.93 bits per heavy atom. The summed E-state index contributed by atoms with van der Waals surface area (Å²) in [7, 11) is 0. The third-order valence-corrected chi connectivity index (χ3v) is 4.54. The maximum Gasteiger partial charge on any atom is 0.221 e. The van der Waals surface area contributed by atoms with E-state index >= 15 is 0 Å². The molecule has 0 aliphatic carbocycles. The minimum atomic E-state index is -0.409. The van der Waals surface area contributed by atoms with Gasteiger partial charge in [0.25, 0.3) is 0 Å². The van der Waals surface area contributed by atoms with E-state index in [1.165, 1.54) is 0 Å². The number of para-hydroxylation sites is 2. The topological polar surface area (TPSA) is 99.8 Å². The van der Waals surface area contributed by atoms with E-state index in [4.69, 9.17) is 23.1 Å². The highest BCUT2D eigenvalue weighted by Gasteiger charge is 2.13. The van der Waals surface area contributed by atoms with E-state index in [2.05, 4.69) is 9.97 Å². The lowest BCUT2D eigenvalue weighted by Gasteiger charge is -2.10. The number of fused-ring (bicyclic) bond motifs is 1. The molecule has 4 aromatic rings. The van der Waals surface area contributed by atoms with E-state index in [1.807, 2.05) is 41.0 Å². The monoisotopic (exact) mass is 377 g/mol. The predicted molar refractivity (Wildman–Crippen MR) is 107 cm³/mol. The Morgan fingerprint density at radius 1 is 1.11 bits per heavy atom. The van der Waals surface area contributed by atoms with Crippen molar-refractivity contribution in [1.82, 2.24) is 14.5 Å². The number of halogens is 1. The van der Waals surface area contributed by atoms with Crippen molar-refractivity contribution in [3.05, 3.63) is 71.4 Å². The number of nitrogens with two attached hydrogens (primary N) is 2. The molecule has 0 aliphatic heterocycles. The largest absolute Gasteiger partial charge is 0.369 e. The van der Waals surface area contributed by atoms with Crippen LogP contribution < -0.4 is 11.5 Å². The van der Waals surface area contributed by atoms with Crippen LogP contribution >= 0.6 is 11.6 Å². The first-order valence-corrected chi connectivity index (χ1v) is 8.67. The molecule has 4 N–H and O–H groups in total. The number of primary amides is 1. The van der Waals surface area contributed by atoms with Crippen LogP contribution in [0.15, 0.2) is 60.8 Å². The molecule has 0 radical (unpaired) electrons. The minimum Gasteiger partial charge on any atom is -0.369 e. The number of nitrogen functional groups attached to an aromatic ring is 1. The third-order valence-electron chi connectivity index (χ3n) is 4.31. The lowest BCUT2D eigenvalue weighted by molar-refractivity contribution is -0.117. The lowest BCUT2D eigenvalue weighted by atomic mass is 10.0. The van der Waals surface area contributed by atoms with Gasteiger partial charge in [-0.3, -0.25) is 14.3 Å².